The van der Waals surface area contributed by atoms with Crippen molar-refractivity contribution in [1.82, 2.24) is 10.2 Å². The minimum absolute atomic E-state index is 0.0232. The van der Waals surface area contributed by atoms with Gasteiger partial charge < -0.3 is 15.1 Å². The molecule has 1 atom stereocenters. The molecule has 2 aliphatic heterocycles. The SMILES string of the molecule is O=C(CC1N=C(N2CCN(c3ccccc3)CC2)NC1=O)Nc1ccc(Br)cc1. The molecule has 0 saturated carbocycles. The number of nitrogens with zero attached hydrogens (tertiary/aromatic N) is 3. The number of amides is 2. The Morgan fingerprint density at radius 3 is 2.38 bits per heavy atom. The van der Waals surface area contributed by atoms with Crippen molar-refractivity contribution in [1.29, 1.82) is 0 Å². The van der Waals surface area contributed by atoms with Gasteiger partial charge in [0, 0.05) is 42.0 Å². The highest BCUT2D eigenvalue weighted by atomic mass is 79.9. The zero-order valence-corrected chi connectivity index (χ0v) is 17.4. The Hall–Kier alpha value is -2.87. The van der Waals surface area contributed by atoms with E-state index in [-0.39, 0.29) is 18.2 Å². The molecule has 2 N–H and O–H groups in total. The summed E-state index contributed by atoms with van der Waals surface area (Å²) < 4.78 is 0.937. The minimum Gasteiger partial charge on any atom is -0.368 e. The Morgan fingerprint density at radius 2 is 1.69 bits per heavy atom. The first kappa shape index (κ1) is 19.4. The number of piperazine rings is 1. The maximum absolute atomic E-state index is 12.3. The fourth-order valence-electron chi connectivity index (χ4n) is 3.47. The number of rotatable bonds is 4. The van der Waals surface area contributed by atoms with Crippen molar-refractivity contribution < 1.29 is 9.59 Å². The molecule has 0 aliphatic carbocycles. The maximum atomic E-state index is 12.3. The van der Waals surface area contributed by atoms with Crippen LogP contribution in [0.5, 0.6) is 0 Å². The van der Waals surface area contributed by atoms with E-state index in [0.29, 0.717) is 11.6 Å². The van der Waals surface area contributed by atoms with Crippen LogP contribution in [-0.2, 0) is 9.59 Å². The molecule has 1 unspecified atom stereocenters. The van der Waals surface area contributed by atoms with Crippen LogP contribution in [0.1, 0.15) is 6.42 Å². The first-order valence-electron chi connectivity index (χ1n) is 9.57. The Kier molecular flexibility index (Phi) is 5.80. The van der Waals surface area contributed by atoms with Crippen molar-refractivity contribution in [2.45, 2.75) is 12.5 Å². The number of guanidine groups is 1. The predicted molar refractivity (Wildman–Crippen MR) is 117 cm³/mol. The van der Waals surface area contributed by atoms with Crippen LogP contribution in [0.4, 0.5) is 11.4 Å². The van der Waals surface area contributed by atoms with Gasteiger partial charge in [0.05, 0.1) is 6.42 Å². The van der Waals surface area contributed by atoms with Crippen LogP contribution < -0.4 is 15.5 Å². The monoisotopic (exact) mass is 455 g/mol. The smallest absolute Gasteiger partial charge is 0.252 e. The number of nitrogens with one attached hydrogen (secondary N) is 2. The summed E-state index contributed by atoms with van der Waals surface area (Å²) in [4.78, 5) is 33.5. The van der Waals surface area contributed by atoms with Gasteiger partial charge in [-0.05, 0) is 36.4 Å². The summed E-state index contributed by atoms with van der Waals surface area (Å²) in [6.07, 6.45) is 0.0232. The number of hydrogen-bond donors (Lipinski definition) is 2. The van der Waals surface area contributed by atoms with Gasteiger partial charge in [-0.1, -0.05) is 34.1 Å². The van der Waals surface area contributed by atoms with E-state index in [9.17, 15) is 9.59 Å². The number of para-hydroxylation sites is 1. The van der Waals surface area contributed by atoms with Gasteiger partial charge in [0.15, 0.2) is 0 Å². The molecule has 0 aromatic heterocycles. The molecule has 2 aromatic rings. The average Bonchev–Trinajstić information content (AvgIpc) is 3.10. The summed E-state index contributed by atoms with van der Waals surface area (Å²) in [6.45, 7) is 3.25. The lowest BCUT2D eigenvalue weighted by Gasteiger charge is -2.36. The Bertz CT molecular complexity index is 908. The average molecular weight is 456 g/mol. The van der Waals surface area contributed by atoms with E-state index in [2.05, 4.69) is 53.5 Å². The highest BCUT2D eigenvalue weighted by molar-refractivity contribution is 9.10. The molecule has 2 aliphatic rings. The van der Waals surface area contributed by atoms with Gasteiger partial charge in [-0.15, -0.1) is 0 Å². The number of aliphatic imine (C=N–C) groups is 1. The standard InChI is InChI=1S/C21H22BrN5O2/c22-15-6-8-16(9-7-15)23-19(28)14-18-20(29)25-21(24-18)27-12-10-26(11-13-27)17-4-2-1-3-5-17/h1-9,18H,10-14H2,(H,23,28)(H,24,25,29). The summed E-state index contributed by atoms with van der Waals surface area (Å²) in [6, 6.07) is 16.9. The second-order valence-electron chi connectivity index (χ2n) is 7.03. The molecule has 2 heterocycles. The molecular weight excluding hydrogens is 434 g/mol. The van der Waals surface area contributed by atoms with E-state index in [1.807, 2.05) is 30.3 Å². The minimum atomic E-state index is -0.687. The van der Waals surface area contributed by atoms with Crippen molar-refractivity contribution in [3.8, 4) is 0 Å². The molecule has 1 saturated heterocycles. The van der Waals surface area contributed by atoms with Gasteiger partial charge in [-0.25, -0.2) is 4.99 Å². The van der Waals surface area contributed by atoms with Crippen LogP contribution in [0, 0.1) is 0 Å². The third kappa shape index (κ3) is 4.76. The molecule has 29 heavy (non-hydrogen) atoms. The second-order valence-corrected chi connectivity index (χ2v) is 7.94. The zero-order valence-electron chi connectivity index (χ0n) is 15.8. The molecule has 2 aromatic carbocycles. The first-order valence-corrected chi connectivity index (χ1v) is 10.4. The van der Waals surface area contributed by atoms with E-state index in [4.69, 9.17) is 0 Å². The molecular formula is C21H22BrN5O2. The van der Waals surface area contributed by atoms with Gasteiger partial charge in [0.1, 0.15) is 6.04 Å². The topological polar surface area (TPSA) is 77.0 Å². The van der Waals surface area contributed by atoms with Gasteiger partial charge >= 0.3 is 0 Å². The number of hydrogen-bond acceptors (Lipinski definition) is 5. The van der Waals surface area contributed by atoms with E-state index in [1.54, 1.807) is 12.1 Å². The van der Waals surface area contributed by atoms with Crippen molar-refractivity contribution in [3.63, 3.8) is 0 Å². The van der Waals surface area contributed by atoms with Crippen LogP contribution >= 0.6 is 15.9 Å². The second kappa shape index (κ2) is 8.65. The predicted octanol–water partition coefficient (Wildman–Crippen LogP) is 2.45. The molecule has 0 spiro atoms. The Balaban J connectivity index is 1.32. The molecule has 0 bridgehead atoms. The van der Waals surface area contributed by atoms with Crippen molar-refractivity contribution in [2.75, 3.05) is 36.4 Å². The summed E-state index contributed by atoms with van der Waals surface area (Å²) in [7, 11) is 0. The van der Waals surface area contributed by atoms with Gasteiger partial charge in [0.25, 0.3) is 5.91 Å². The van der Waals surface area contributed by atoms with Crippen LogP contribution in [0.15, 0.2) is 64.1 Å². The third-order valence-electron chi connectivity index (χ3n) is 5.02. The van der Waals surface area contributed by atoms with Crippen LogP contribution in [-0.4, -0.2) is 54.9 Å². The first-order chi connectivity index (χ1) is 14.1. The van der Waals surface area contributed by atoms with Crippen LogP contribution in [0.3, 0.4) is 0 Å². The number of carbonyl (C=O) groups is 2. The van der Waals surface area contributed by atoms with E-state index >= 15 is 0 Å². The molecule has 0 radical (unpaired) electrons. The van der Waals surface area contributed by atoms with Gasteiger partial charge in [-0.3, -0.25) is 14.9 Å². The lowest BCUT2D eigenvalue weighted by molar-refractivity contribution is -0.123. The fraction of sp³-hybridized carbons (Fsp3) is 0.286. The zero-order chi connectivity index (χ0) is 20.2. The molecule has 1 fully saturated rings. The number of carbonyl (C=O) groups excluding carboxylic acids is 2. The summed E-state index contributed by atoms with van der Waals surface area (Å²) >= 11 is 3.36. The third-order valence-corrected chi connectivity index (χ3v) is 5.55. The normalized spacial score (nSPS) is 19.0. The lowest BCUT2D eigenvalue weighted by Crippen LogP contribution is -2.52. The lowest BCUT2D eigenvalue weighted by atomic mass is 10.2. The van der Waals surface area contributed by atoms with E-state index < -0.39 is 6.04 Å². The number of halogens is 1. The van der Waals surface area contributed by atoms with Gasteiger partial charge in [-0.2, -0.15) is 0 Å². The van der Waals surface area contributed by atoms with E-state index in [1.165, 1.54) is 5.69 Å². The highest BCUT2D eigenvalue weighted by Gasteiger charge is 2.32. The summed E-state index contributed by atoms with van der Waals surface area (Å²) in [5.74, 6) is 0.118. The summed E-state index contributed by atoms with van der Waals surface area (Å²) in [5.41, 5.74) is 1.89. The summed E-state index contributed by atoms with van der Waals surface area (Å²) in [5, 5.41) is 5.64. The van der Waals surface area contributed by atoms with Crippen molar-refractivity contribution >= 4 is 45.1 Å². The largest absolute Gasteiger partial charge is 0.368 e. The highest BCUT2D eigenvalue weighted by Crippen LogP contribution is 2.18. The Morgan fingerprint density at radius 1 is 1.03 bits per heavy atom. The van der Waals surface area contributed by atoms with Crippen LogP contribution in [0.25, 0.3) is 0 Å². The van der Waals surface area contributed by atoms with Gasteiger partial charge in [0.2, 0.25) is 11.9 Å². The van der Waals surface area contributed by atoms with Crippen LogP contribution in [0.2, 0.25) is 0 Å². The van der Waals surface area contributed by atoms with Crippen molar-refractivity contribution in [3.05, 3.63) is 59.1 Å². The quantitative estimate of drug-likeness (QED) is 0.741. The maximum Gasteiger partial charge on any atom is 0.252 e. The molecule has 7 nitrogen and oxygen atoms in total. The number of benzene rings is 2. The van der Waals surface area contributed by atoms with E-state index in [0.717, 1.165) is 30.7 Å². The number of anilines is 2. The molecule has 8 heteroatoms. The Labute approximate surface area is 177 Å². The molecule has 4 rings (SSSR count). The molecule has 2 amide bonds. The molecule has 150 valence electrons. The van der Waals surface area contributed by atoms with Crippen molar-refractivity contribution in [2.24, 2.45) is 4.99 Å². The fourth-order valence-corrected chi connectivity index (χ4v) is 3.73.